The van der Waals surface area contributed by atoms with Gasteiger partial charge in [-0.1, -0.05) is 0 Å². The highest BCUT2D eigenvalue weighted by molar-refractivity contribution is 9.10. The molecule has 1 amide bonds. The zero-order chi connectivity index (χ0) is 15.0. The van der Waals surface area contributed by atoms with Crippen LogP contribution in [0.15, 0.2) is 22.7 Å². The third-order valence-electron chi connectivity index (χ3n) is 4.60. The number of nitrogens with zero attached hydrogens (tertiary/aromatic N) is 2. The molecule has 1 aromatic carbocycles. The van der Waals surface area contributed by atoms with Crippen LogP contribution in [0.5, 0.6) is 5.75 Å². The first-order valence-electron chi connectivity index (χ1n) is 7.48. The Kier molecular flexibility index (Phi) is 4.22. The first-order valence-corrected chi connectivity index (χ1v) is 8.28. The Bertz CT molecular complexity index is 549. The molecule has 5 heteroatoms. The van der Waals surface area contributed by atoms with Crippen LogP contribution in [0.1, 0.15) is 30.1 Å². The summed E-state index contributed by atoms with van der Waals surface area (Å²) < 4.78 is 6.05. The fraction of sp³-hybridized carbons (Fsp3) is 0.562. The van der Waals surface area contributed by atoms with E-state index >= 15 is 0 Å². The first kappa shape index (κ1) is 14.9. The molecule has 0 radical (unpaired) electrons. The zero-order valence-electron chi connectivity index (χ0n) is 12.5. The number of hydrogen-bond donors (Lipinski definition) is 0. The van der Waals surface area contributed by atoms with Crippen molar-refractivity contribution in [2.24, 2.45) is 0 Å². The predicted molar refractivity (Wildman–Crippen MR) is 85.8 cm³/mol. The van der Waals surface area contributed by atoms with Crippen molar-refractivity contribution in [1.29, 1.82) is 0 Å². The second-order valence-electron chi connectivity index (χ2n) is 5.95. The molecule has 4 nitrogen and oxygen atoms in total. The molecule has 21 heavy (non-hydrogen) atoms. The van der Waals surface area contributed by atoms with Crippen LogP contribution in [0, 0.1) is 0 Å². The molecule has 2 saturated heterocycles. The van der Waals surface area contributed by atoms with E-state index in [4.69, 9.17) is 4.74 Å². The van der Waals surface area contributed by atoms with Crippen molar-refractivity contribution in [3.05, 3.63) is 28.2 Å². The highest BCUT2D eigenvalue weighted by atomic mass is 79.9. The van der Waals surface area contributed by atoms with E-state index in [9.17, 15) is 4.79 Å². The maximum Gasteiger partial charge on any atom is 0.254 e. The SMILES string of the molecule is COc1ccc(C(=O)N2CC3CCCN3CC2C)cc1Br. The van der Waals surface area contributed by atoms with Gasteiger partial charge in [0.2, 0.25) is 0 Å². The molecule has 0 bridgehead atoms. The molecule has 1 aromatic rings. The van der Waals surface area contributed by atoms with Crippen LogP contribution in [-0.4, -0.2) is 54.5 Å². The summed E-state index contributed by atoms with van der Waals surface area (Å²) in [6.45, 7) is 5.17. The topological polar surface area (TPSA) is 32.8 Å². The lowest BCUT2D eigenvalue weighted by atomic mass is 10.1. The van der Waals surface area contributed by atoms with Crippen LogP contribution in [0.3, 0.4) is 0 Å². The van der Waals surface area contributed by atoms with E-state index in [0.717, 1.165) is 28.9 Å². The fourth-order valence-electron chi connectivity index (χ4n) is 3.44. The van der Waals surface area contributed by atoms with Crippen molar-refractivity contribution >= 4 is 21.8 Å². The van der Waals surface area contributed by atoms with E-state index in [2.05, 4.69) is 27.8 Å². The molecule has 0 aliphatic carbocycles. The summed E-state index contributed by atoms with van der Waals surface area (Å²) in [5.74, 6) is 0.873. The lowest BCUT2D eigenvalue weighted by Gasteiger charge is -2.42. The third kappa shape index (κ3) is 2.81. The van der Waals surface area contributed by atoms with Gasteiger partial charge < -0.3 is 9.64 Å². The Balaban J connectivity index is 1.79. The summed E-state index contributed by atoms with van der Waals surface area (Å²) in [6, 6.07) is 6.36. The highest BCUT2D eigenvalue weighted by Crippen LogP contribution is 2.29. The molecule has 2 fully saturated rings. The van der Waals surface area contributed by atoms with Crippen LogP contribution >= 0.6 is 15.9 Å². The zero-order valence-corrected chi connectivity index (χ0v) is 14.1. The average molecular weight is 353 g/mol. The average Bonchev–Trinajstić information content (AvgIpc) is 2.92. The standard InChI is InChI=1S/C16H21BrN2O2/c1-11-9-18-7-3-4-13(18)10-19(11)16(20)12-5-6-15(21-2)14(17)8-12/h5-6,8,11,13H,3-4,7,9-10H2,1-2H3. The van der Waals surface area contributed by atoms with Gasteiger partial charge in [0.05, 0.1) is 11.6 Å². The Hall–Kier alpha value is -1.07. The van der Waals surface area contributed by atoms with E-state index < -0.39 is 0 Å². The summed E-state index contributed by atoms with van der Waals surface area (Å²) in [6.07, 6.45) is 2.47. The number of benzene rings is 1. The normalized spacial score (nSPS) is 25.8. The predicted octanol–water partition coefficient (Wildman–Crippen LogP) is 2.77. The number of fused-ring (bicyclic) bond motifs is 1. The summed E-state index contributed by atoms with van der Waals surface area (Å²) in [5.41, 5.74) is 0.723. The van der Waals surface area contributed by atoms with Crippen LogP contribution in [0.2, 0.25) is 0 Å². The van der Waals surface area contributed by atoms with Gasteiger partial charge in [0, 0.05) is 30.7 Å². The quantitative estimate of drug-likeness (QED) is 0.820. The number of carbonyl (C=O) groups excluding carboxylic acids is 1. The lowest BCUT2D eigenvalue weighted by Crippen LogP contribution is -2.56. The number of piperazine rings is 1. The Morgan fingerprint density at radius 3 is 2.90 bits per heavy atom. The van der Waals surface area contributed by atoms with Gasteiger partial charge in [0.1, 0.15) is 5.75 Å². The number of amides is 1. The third-order valence-corrected chi connectivity index (χ3v) is 5.22. The first-order chi connectivity index (χ1) is 10.1. The molecule has 2 aliphatic heterocycles. The van der Waals surface area contributed by atoms with Crippen LogP contribution in [0.4, 0.5) is 0 Å². The molecule has 2 atom stereocenters. The van der Waals surface area contributed by atoms with E-state index in [1.54, 1.807) is 7.11 Å². The van der Waals surface area contributed by atoms with Crippen molar-refractivity contribution in [3.8, 4) is 5.75 Å². The molecule has 3 rings (SSSR count). The van der Waals surface area contributed by atoms with Gasteiger partial charge in [0.15, 0.2) is 0 Å². The number of methoxy groups -OCH3 is 1. The second kappa shape index (κ2) is 5.97. The highest BCUT2D eigenvalue weighted by Gasteiger charge is 2.36. The molecule has 2 heterocycles. The van der Waals surface area contributed by atoms with E-state index in [-0.39, 0.29) is 11.9 Å². The minimum absolute atomic E-state index is 0.123. The Labute approximate surface area is 134 Å². The van der Waals surface area contributed by atoms with Crippen molar-refractivity contribution in [2.75, 3.05) is 26.7 Å². The molecule has 114 valence electrons. The number of hydrogen-bond acceptors (Lipinski definition) is 3. The molecule has 2 unspecified atom stereocenters. The van der Waals surface area contributed by atoms with Crippen molar-refractivity contribution in [1.82, 2.24) is 9.80 Å². The maximum atomic E-state index is 12.8. The summed E-state index contributed by atoms with van der Waals surface area (Å²) in [7, 11) is 1.63. The molecule has 0 saturated carbocycles. The molecular weight excluding hydrogens is 332 g/mol. The maximum absolute atomic E-state index is 12.8. The summed E-state index contributed by atoms with van der Waals surface area (Å²) in [5, 5.41) is 0. The summed E-state index contributed by atoms with van der Waals surface area (Å²) in [4.78, 5) is 17.4. The van der Waals surface area contributed by atoms with Gasteiger partial charge in [0.25, 0.3) is 5.91 Å². The van der Waals surface area contributed by atoms with Crippen molar-refractivity contribution < 1.29 is 9.53 Å². The smallest absolute Gasteiger partial charge is 0.254 e. The number of halogens is 1. The van der Waals surface area contributed by atoms with Crippen molar-refractivity contribution in [2.45, 2.75) is 31.8 Å². The lowest BCUT2D eigenvalue weighted by molar-refractivity contribution is 0.0395. The molecular formula is C16H21BrN2O2. The van der Waals surface area contributed by atoms with Crippen LogP contribution in [-0.2, 0) is 0 Å². The summed E-state index contributed by atoms with van der Waals surface area (Å²) >= 11 is 3.46. The Morgan fingerprint density at radius 2 is 2.19 bits per heavy atom. The minimum Gasteiger partial charge on any atom is -0.496 e. The number of carbonyl (C=O) groups is 1. The molecule has 2 aliphatic rings. The molecule has 0 N–H and O–H groups in total. The van der Waals surface area contributed by atoms with Gasteiger partial charge in [-0.25, -0.2) is 0 Å². The van der Waals surface area contributed by atoms with Gasteiger partial charge in [-0.3, -0.25) is 9.69 Å². The monoisotopic (exact) mass is 352 g/mol. The molecule has 0 spiro atoms. The number of rotatable bonds is 2. The van der Waals surface area contributed by atoms with E-state index in [0.29, 0.717) is 6.04 Å². The minimum atomic E-state index is 0.123. The van der Waals surface area contributed by atoms with E-state index in [1.165, 1.54) is 19.4 Å². The Morgan fingerprint density at radius 1 is 1.38 bits per heavy atom. The van der Waals surface area contributed by atoms with Crippen LogP contribution in [0.25, 0.3) is 0 Å². The molecule has 0 aromatic heterocycles. The van der Waals surface area contributed by atoms with Gasteiger partial charge in [-0.2, -0.15) is 0 Å². The largest absolute Gasteiger partial charge is 0.496 e. The van der Waals surface area contributed by atoms with Crippen molar-refractivity contribution in [3.63, 3.8) is 0 Å². The van der Waals surface area contributed by atoms with E-state index in [1.807, 2.05) is 23.1 Å². The fourth-order valence-corrected chi connectivity index (χ4v) is 3.98. The van der Waals surface area contributed by atoms with Gasteiger partial charge in [-0.15, -0.1) is 0 Å². The van der Waals surface area contributed by atoms with Crippen LogP contribution < -0.4 is 4.74 Å². The number of ether oxygens (including phenoxy) is 1. The van der Waals surface area contributed by atoms with Gasteiger partial charge >= 0.3 is 0 Å². The van der Waals surface area contributed by atoms with Gasteiger partial charge in [-0.05, 0) is 60.4 Å². The second-order valence-corrected chi connectivity index (χ2v) is 6.80.